The van der Waals surface area contributed by atoms with E-state index in [0.29, 0.717) is 16.2 Å². The van der Waals surface area contributed by atoms with Gasteiger partial charge in [0, 0.05) is 19.3 Å². The number of hydrogen-bond acceptors (Lipinski definition) is 5. The van der Waals surface area contributed by atoms with Gasteiger partial charge < -0.3 is 10.1 Å². The second-order valence-electron chi connectivity index (χ2n) is 5.85. The second kappa shape index (κ2) is 7.72. The van der Waals surface area contributed by atoms with Crippen molar-refractivity contribution in [3.63, 3.8) is 0 Å². The van der Waals surface area contributed by atoms with Gasteiger partial charge in [-0.1, -0.05) is 30.3 Å². The number of nitrogens with one attached hydrogen (secondary N) is 1. The normalized spacial score (nSPS) is 18.3. The summed E-state index contributed by atoms with van der Waals surface area (Å²) in [7, 11) is 0. The third-order valence-corrected chi connectivity index (χ3v) is 4.75. The smallest absolute Gasteiger partial charge is 0.288 e. The van der Waals surface area contributed by atoms with Crippen LogP contribution in [0.5, 0.6) is 0 Å². The Bertz CT molecular complexity index is 705. The molecule has 1 N–H and O–H groups in total. The highest BCUT2D eigenvalue weighted by atomic mass is 79.9. The van der Waals surface area contributed by atoms with E-state index in [1.165, 1.54) is 12.3 Å². The van der Waals surface area contributed by atoms with Crippen LogP contribution >= 0.6 is 15.9 Å². The van der Waals surface area contributed by atoms with Gasteiger partial charge in [-0.25, -0.2) is 4.98 Å². The third-order valence-electron chi connectivity index (χ3n) is 4.14. The van der Waals surface area contributed by atoms with Crippen molar-refractivity contribution in [3.05, 3.63) is 62.7 Å². The molecule has 2 aromatic rings. The standard InChI is InChI=1S/C17H18BrN3O3/c18-15-9-14(21(22)23)10-19-17(15)20-16(8-12-6-7-24-11-12)13-4-2-1-3-5-13/h1-5,9-10,12,16H,6-8,11H2,(H,19,20). The quantitative estimate of drug-likeness (QED) is 0.585. The number of hydrogen-bond donors (Lipinski definition) is 1. The van der Waals surface area contributed by atoms with Crippen molar-refractivity contribution in [2.45, 2.75) is 18.9 Å². The predicted octanol–water partition coefficient (Wildman–Crippen LogP) is 4.33. The van der Waals surface area contributed by atoms with Crippen molar-refractivity contribution >= 4 is 27.4 Å². The molecule has 1 aromatic carbocycles. The number of nitrogens with zero attached hydrogens (tertiary/aromatic N) is 2. The molecule has 2 heterocycles. The van der Waals surface area contributed by atoms with Gasteiger partial charge in [-0.2, -0.15) is 0 Å². The van der Waals surface area contributed by atoms with Crippen LogP contribution in [0.3, 0.4) is 0 Å². The minimum absolute atomic E-state index is 0.0344. The minimum atomic E-state index is -0.452. The highest BCUT2D eigenvalue weighted by Gasteiger charge is 2.23. The van der Waals surface area contributed by atoms with E-state index in [1.807, 2.05) is 18.2 Å². The van der Waals surface area contributed by atoms with Gasteiger partial charge in [-0.3, -0.25) is 10.1 Å². The molecule has 3 rings (SSSR count). The van der Waals surface area contributed by atoms with E-state index < -0.39 is 4.92 Å². The molecule has 6 nitrogen and oxygen atoms in total. The number of aromatic nitrogens is 1. The summed E-state index contributed by atoms with van der Waals surface area (Å²) in [6.07, 6.45) is 3.25. The Kier molecular flexibility index (Phi) is 5.42. The fourth-order valence-electron chi connectivity index (χ4n) is 2.87. The fraction of sp³-hybridized carbons (Fsp3) is 0.353. The van der Waals surface area contributed by atoms with E-state index in [0.717, 1.165) is 31.6 Å². The molecule has 0 saturated carbocycles. The monoisotopic (exact) mass is 391 g/mol. The van der Waals surface area contributed by atoms with Crippen LogP contribution in [0.1, 0.15) is 24.4 Å². The predicted molar refractivity (Wildman–Crippen MR) is 94.9 cm³/mol. The number of nitro groups is 1. The number of rotatable bonds is 6. The van der Waals surface area contributed by atoms with Crippen molar-refractivity contribution in [1.29, 1.82) is 0 Å². The van der Waals surface area contributed by atoms with Crippen molar-refractivity contribution in [2.24, 2.45) is 5.92 Å². The summed E-state index contributed by atoms with van der Waals surface area (Å²) in [6.45, 7) is 1.59. The molecule has 126 valence electrons. The number of benzene rings is 1. The number of pyridine rings is 1. The van der Waals surface area contributed by atoms with Crippen LogP contribution in [0.4, 0.5) is 11.5 Å². The van der Waals surface area contributed by atoms with Gasteiger partial charge >= 0.3 is 0 Å². The topological polar surface area (TPSA) is 77.3 Å². The first-order valence-corrected chi connectivity index (χ1v) is 8.62. The molecule has 0 spiro atoms. The van der Waals surface area contributed by atoms with Crippen LogP contribution < -0.4 is 5.32 Å². The summed E-state index contributed by atoms with van der Waals surface area (Å²) < 4.78 is 6.07. The highest BCUT2D eigenvalue weighted by molar-refractivity contribution is 9.10. The zero-order chi connectivity index (χ0) is 16.9. The molecule has 7 heteroatoms. The van der Waals surface area contributed by atoms with E-state index in [1.54, 1.807) is 0 Å². The number of anilines is 1. The number of halogens is 1. The molecule has 0 amide bonds. The summed E-state index contributed by atoms with van der Waals surface area (Å²) in [5, 5.41) is 14.3. The second-order valence-corrected chi connectivity index (χ2v) is 6.71. The molecule has 0 radical (unpaired) electrons. The Morgan fingerprint density at radius 3 is 2.83 bits per heavy atom. The first kappa shape index (κ1) is 16.9. The third kappa shape index (κ3) is 4.10. The first-order valence-electron chi connectivity index (χ1n) is 7.82. The van der Waals surface area contributed by atoms with E-state index >= 15 is 0 Å². The maximum Gasteiger partial charge on any atom is 0.288 e. The molecule has 2 atom stereocenters. The largest absolute Gasteiger partial charge is 0.381 e. The van der Waals surface area contributed by atoms with Crippen molar-refractivity contribution in [3.8, 4) is 0 Å². The van der Waals surface area contributed by atoms with Gasteiger partial charge in [0.2, 0.25) is 0 Å². The Morgan fingerprint density at radius 1 is 1.42 bits per heavy atom. The average molecular weight is 392 g/mol. The molecule has 1 aliphatic rings. The molecule has 1 saturated heterocycles. The maximum atomic E-state index is 10.8. The summed E-state index contributed by atoms with van der Waals surface area (Å²) in [5.41, 5.74) is 1.13. The highest BCUT2D eigenvalue weighted by Crippen LogP contribution is 2.32. The average Bonchev–Trinajstić information content (AvgIpc) is 3.09. The lowest BCUT2D eigenvalue weighted by atomic mass is 9.94. The lowest BCUT2D eigenvalue weighted by Crippen LogP contribution is -2.17. The molecule has 1 fully saturated rings. The Hall–Kier alpha value is -1.99. The SMILES string of the molecule is O=[N+]([O-])c1cnc(NC(CC2CCOC2)c2ccccc2)c(Br)c1. The van der Waals surface area contributed by atoms with Crippen molar-refractivity contribution in [2.75, 3.05) is 18.5 Å². The molecule has 1 aromatic heterocycles. The van der Waals surface area contributed by atoms with Crippen LogP contribution in [-0.4, -0.2) is 23.1 Å². The van der Waals surface area contributed by atoms with Gasteiger partial charge in [-0.05, 0) is 40.3 Å². The molecule has 0 bridgehead atoms. The van der Waals surface area contributed by atoms with Gasteiger partial charge in [-0.15, -0.1) is 0 Å². The minimum Gasteiger partial charge on any atom is -0.381 e. The van der Waals surface area contributed by atoms with Gasteiger partial charge in [0.05, 0.1) is 15.4 Å². The Morgan fingerprint density at radius 2 is 2.21 bits per heavy atom. The number of ether oxygens (including phenoxy) is 1. The molecular weight excluding hydrogens is 374 g/mol. The van der Waals surface area contributed by atoms with Crippen LogP contribution in [0.25, 0.3) is 0 Å². The fourth-order valence-corrected chi connectivity index (χ4v) is 3.32. The van der Waals surface area contributed by atoms with E-state index in [9.17, 15) is 10.1 Å². The van der Waals surface area contributed by atoms with Gasteiger partial charge in [0.25, 0.3) is 5.69 Å². The van der Waals surface area contributed by atoms with Crippen LogP contribution in [0, 0.1) is 16.0 Å². The lowest BCUT2D eigenvalue weighted by Gasteiger charge is -2.23. The first-order chi connectivity index (χ1) is 11.6. The van der Waals surface area contributed by atoms with Crippen LogP contribution in [-0.2, 0) is 4.74 Å². The molecule has 1 aliphatic heterocycles. The lowest BCUT2D eigenvalue weighted by molar-refractivity contribution is -0.385. The van der Waals surface area contributed by atoms with Gasteiger partial charge in [0.1, 0.15) is 12.0 Å². The van der Waals surface area contributed by atoms with Gasteiger partial charge in [0.15, 0.2) is 0 Å². The van der Waals surface area contributed by atoms with Crippen molar-refractivity contribution in [1.82, 2.24) is 4.98 Å². The zero-order valence-electron chi connectivity index (χ0n) is 13.0. The summed E-state index contributed by atoms with van der Waals surface area (Å²) in [6, 6.07) is 11.7. The summed E-state index contributed by atoms with van der Waals surface area (Å²) >= 11 is 3.38. The molecule has 0 aliphatic carbocycles. The van der Waals surface area contributed by atoms with E-state index in [2.05, 4.69) is 38.4 Å². The molecule has 24 heavy (non-hydrogen) atoms. The summed E-state index contributed by atoms with van der Waals surface area (Å²) in [4.78, 5) is 14.6. The molecule has 2 unspecified atom stereocenters. The van der Waals surface area contributed by atoms with Crippen LogP contribution in [0.15, 0.2) is 47.1 Å². The van der Waals surface area contributed by atoms with Crippen LogP contribution in [0.2, 0.25) is 0 Å². The zero-order valence-corrected chi connectivity index (χ0v) is 14.6. The maximum absolute atomic E-state index is 10.8. The van der Waals surface area contributed by atoms with Crippen molar-refractivity contribution < 1.29 is 9.66 Å². The Labute approximate surface area is 148 Å². The molecular formula is C17H18BrN3O3. The van der Waals surface area contributed by atoms with E-state index in [4.69, 9.17) is 4.74 Å². The Balaban J connectivity index is 1.82. The summed E-state index contributed by atoms with van der Waals surface area (Å²) in [5.74, 6) is 1.10. The van der Waals surface area contributed by atoms with E-state index in [-0.39, 0.29) is 11.7 Å².